The highest BCUT2D eigenvalue weighted by atomic mass is 15.0. The van der Waals surface area contributed by atoms with Crippen LogP contribution in [0.15, 0.2) is 121 Å². The zero-order valence-corrected chi connectivity index (χ0v) is 19.9. The van der Waals surface area contributed by atoms with Crippen molar-refractivity contribution < 1.29 is 0 Å². The van der Waals surface area contributed by atoms with E-state index in [1.165, 1.54) is 65.1 Å². The number of hydrogen-bond acceptors (Lipinski definition) is 1. The second-order valence-electron chi connectivity index (χ2n) is 10.0. The third-order valence-corrected chi connectivity index (χ3v) is 8.10. The van der Waals surface area contributed by atoms with E-state index in [2.05, 4.69) is 126 Å². The van der Waals surface area contributed by atoms with Crippen molar-refractivity contribution in [1.82, 2.24) is 9.38 Å². The summed E-state index contributed by atoms with van der Waals surface area (Å²) in [6.45, 7) is 0. The van der Waals surface area contributed by atoms with E-state index < -0.39 is 0 Å². The van der Waals surface area contributed by atoms with Crippen molar-refractivity contribution in [2.24, 2.45) is 0 Å². The first-order chi connectivity index (χ1) is 18.3. The number of aromatic nitrogens is 2. The molecule has 2 aromatic heterocycles. The molecule has 2 heterocycles. The molecule has 9 rings (SSSR count). The molecule has 7 aromatic carbocycles. The van der Waals surface area contributed by atoms with Crippen LogP contribution < -0.4 is 0 Å². The van der Waals surface area contributed by atoms with Gasteiger partial charge in [0.05, 0.1) is 16.6 Å². The lowest BCUT2D eigenvalue weighted by Gasteiger charge is -2.15. The third-order valence-electron chi connectivity index (χ3n) is 8.10. The number of pyridine rings is 1. The average molecular weight is 469 g/mol. The molecule has 2 heteroatoms. The maximum absolute atomic E-state index is 5.06. The van der Waals surface area contributed by atoms with Crippen LogP contribution in [0.25, 0.3) is 81.8 Å². The van der Waals surface area contributed by atoms with E-state index in [0.29, 0.717) is 0 Å². The van der Waals surface area contributed by atoms with Gasteiger partial charge in [0, 0.05) is 10.8 Å². The van der Waals surface area contributed by atoms with Crippen molar-refractivity contribution >= 4 is 70.7 Å². The minimum atomic E-state index is 1.01. The summed E-state index contributed by atoms with van der Waals surface area (Å²) in [7, 11) is 0. The highest BCUT2D eigenvalue weighted by molar-refractivity contribution is 6.26. The van der Waals surface area contributed by atoms with E-state index in [1.807, 2.05) is 0 Å². The first-order valence-electron chi connectivity index (χ1n) is 12.7. The SMILES string of the molecule is c1cc2ccc3ccc(-c4ccc5c(c4)c4ccccc4n4c6ccccc6nc54)c4ccc(c1)c2c34. The van der Waals surface area contributed by atoms with Crippen LogP contribution in [0.5, 0.6) is 0 Å². The van der Waals surface area contributed by atoms with Gasteiger partial charge in [0.2, 0.25) is 0 Å². The molecule has 37 heavy (non-hydrogen) atoms. The summed E-state index contributed by atoms with van der Waals surface area (Å²) in [6.07, 6.45) is 0. The van der Waals surface area contributed by atoms with Crippen molar-refractivity contribution in [3.8, 4) is 11.1 Å². The molecule has 0 radical (unpaired) electrons. The molecule has 0 amide bonds. The molecule has 170 valence electrons. The van der Waals surface area contributed by atoms with E-state index in [4.69, 9.17) is 4.98 Å². The summed E-state index contributed by atoms with van der Waals surface area (Å²) >= 11 is 0. The molecule has 0 atom stereocenters. The zero-order valence-electron chi connectivity index (χ0n) is 19.9. The Morgan fingerprint density at radius 1 is 0.459 bits per heavy atom. The first-order valence-corrected chi connectivity index (χ1v) is 12.7. The second kappa shape index (κ2) is 6.83. The molecule has 2 nitrogen and oxygen atoms in total. The summed E-state index contributed by atoms with van der Waals surface area (Å²) < 4.78 is 2.31. The van der Waals surface area contributed by atoms with E-state index >= 15 is 0 Å². The van der Waals surface area contributed by atoms with Crippen LogP contribution in [0, 0.1) is 0 Å². The molecule has 0 spiro atoms. The van der Waals surface area contributed by atoms with E-state index in [-0.39, 0.29) is 0 Å². The van der Waals surface area contributed by atoms with Gasteiger partial charge in [0.15, 0.2) is 0 Å². The van der Waals surface area contributed by atoms with Gasteiger partial charge in [-0.1, -0.05) is 91.0 Å². The van der Waals surface area contributed by atoms with Gasteiger partial charge in [-0.05, 0) is 79.2 Å². The van der Waals surface area contributed by atoms with Crippen molar-refractivity contribution in [3.05, 3.63) is 121 Å². The Bertz CT molecular complexity index is 2340. The molecule has 9 aromatic rings. The Morgan fingerprint density at radius 2 is 1.16 bits per heavy atom. The maximum Gasteiger partial charge on any atom is 0.146 e. The molecule has 0 aliphatic carbocycles. The predicted octanol–water partition coefficient (Wildman–Crippen LogP) is 9.36. The molecule has 0 fully saturated rings. The van der Waals surface area contributed by atoms with Gasteiger partial charge in [0.25, 0.3) is 0 Å². The smallest absolute Gasteiger partial charge is 0.146 e. The Morgan fingerprint density at radius 3 is 2.05 bits per heavy atom. The number of benzene rings is 7. The molecule has 0 unspecified atom stereocenters. The lowest BCUT2D eigenvalue weighted by Crippen LogP contribution is -1.92. The molecule has 0 N–H and O–H groups in total. The van der Waals surface area contributed by atoms with Crippen LogP contribution in [-0.4, -0.2) is 9.38 Å². The van der Waals surface area contributed by atoms with E-state index in [9.17, 15) is 0 Å². The van der Waals surface area contributed by atoms with Crippen LogP contribution in [-0.2, 0) is 0 Å². The molecule has 0 aliphatic rings. The van der Waals surface area contributed by atoms with Crippen LogP contribution in [0.1, 0.15) is 0 Å². The fourth-order valence-corrected chi connectivity index (χ4v) is 6.46. The second-order valence-corrected chi connectivity index (χ2v) is 10.0. The van der Waals surface area contributed by atoms with Crippen LogP contribution in [0.4, 0.5) is 0 Å². The number of nitrogens with zero attached hydrogens (tertiary/aromatic N) is 2. The molecule has 0 aliphatic heterocycles. The zero-order chi connectivity index (χ0) is 24.1. The topological polar surface area (TPSA) is 17.3 Å². The van der Waals surface area contributed by atoms with Crippen molar-refractivity contribution in [2.75, 3.05) is 0 Å². The Hall–Kier alpha value is -4.95. The number of imidazole rings is 1. The summed E-state index contributed by atoms with van der Waals surface area (Å²) in [6, 6.07) is 44.2. The third kappa shape index (κ3) is 2.47. The number of fused-ring (bicyclic) bond motifs is 8. The molecular weight excluding hydrogens is 448 g/mol. The van der Waals surface area contributed by atoms with Gasteiger partial charge in [-0.2, -0.15) is 0 Å². The van der Waals surface area contributed by atoms with Crippen molar-refractivity contribution in [2.45, 2.75) is 0 Å². The molecule has 0 bridgehead atoms. The Labute approximate surface area is 212 Å². The quantitative estimate of drug-likeness (QED) is 0.219. The highest BCUT2D eigenvalue weighted by Gasteiger charge is 2.16. The van der Waals surface area contributed by atoms with Crippen LogP contribution in [0.3, 0.4) is 0 Å². The van der Waals surface area contributed by atoms with Crippen LogP contribution >= 0.6 is 0 Å². The summed E-state index contributed by atoms with van der Waals surface area (Å²) in [5.74, 6) is 0. The van der Waals surface area contributed by atoms with Gasteiger partial charge in [-0.3, -0.25) is 4.40 Å². The minimum Gasteiger partial charge on any atom is -0.292 e. The lowest BCUT2D eigenvalue weighted by molar-refractivity contribution is 1.31. The minimum absolute atomic E-state index is 1.01. The predicted molar refractivity (Wildman–Crippen MR) is 157 cm³/mol. The van der Waals surface area contributed by atoms with Crippen molar-refractivity contribution in [1.29, 1.82) is 0 Å². The van der Waals surface area contributed by atoms with E-state index in [0.717, 1.165) is 16.7 Å². The Balaban J connectivity index is 1.41. The van der Waals surface area contributed by atoms with Gasteiger partial charge in [-0.25, -0.2) is 4.98 Å². The van der Waals surface area contributed by atoms with Gasteiger partial charge in [0.1, 0.15) is 5.65 Å². The maximum atomic E-state index is 5.06. The highest BCUT2D eigenvalue weighted by Crippen LogP contribution is 2.41. The largest absolute Gasteiger partial charge is 0.292 e. The lowest BCUT2D eigenvalue weighted by atomic mass is 9.89. The van der Waals surface area contributed by atoms with Gasteiger partial charge >= 0.3 is 0 Å². The molecule has 0 saturated carbocycles. The average Bonchev–Trinajstić information content (AvgIpc) is 3.36. The first kappa shape index (κ1) is 19.3. The number of hydrogen-bond donors (Lipinski definition) is 0. The van der Waals surface area contributed by atoms with E-state index in [1.54, 1.807) is 0 Å². The Kier molecular flexibility index (Phi) is 3.56. The van der Waals surface area contributed by atoms with Crippen molar-refractivity contribution in [3.63, 3.8) is 0 Å². The fraction of sp³-hybridized carbons (Fsp3) is 0. The summed E-state index contributed by atoms with van der Waals surface area (Å²) in [5, 5.41) is 11.6. The number of para-hydroxylation sites is 3. The number of rotatable bonds is 1. The fourth-order valence-electron chi connectivity index (χ4n) is 6.46. The molecule has 0 saturated heterocycles. The normalized spacial score (nSPS) is 12.3. The standard InChI is InChI=1S/C35H20N2/c1-3-10-31-26(8-1)29-20-24(16-19-28(29)35-36-30-9-2-4-11-32(30)37(31)35)25-17-14-23-13-12-21-6-5-7-22-15-18-27(25)34(23)33(21)22/h1-20H. The van der Waals surface area contributed by atoms with Crippen LogP contribution in [0.2, 0.25) is 0 Å². The van der Waals surface area contributed by atoms with Gasteiger partial charge < -0.3 is 0 Å². The van der Waals surface area contributed by atoms with Gasteiger partial charge in [-0.15, -0.1) is 0 Å². The monoisotopic (exact) mass is 468 g/mol. The summed E-state index contributed by atoms with van der Waals surface area (Å²) in [5.41, 5.74) is 6.87. The molecular formula is C35H20N2. The summed E-state index contributed by atoms with van der Waals surface area (Å²) in [4.78, 5) is 5.06.